The van der Waals surface area contributed by atoms with Crippen LogP contribution in [0.5, 0.6) is 0 Å². The molecule has 0 fully saturated rings. The molecule has 0 radical (unpaired) electrons. The maximum Gasteiger partial charge on any atom is 0.433 e. The van der Waals surface area contributed by atoms with Crippen LogP contribution in [0.3, 0.4) is 0 Å². The third-order valence-corrected chi connectivity index (χ3v) is 4.29. The zero-order valence-electron chi connectivity index (χ0n) is 12.3. The average Bonchev–Trinajstić information content (AvgIpc) is 2.46. The highest BCUT2D eigenvalue weighted by molar-refractivity contribution is 8.01. The van der Waals surface area contributed by atoms with Gasteiger partial charge in [-0.3, -0.25) is 14.8 Å². The highest BCUT2D eigenvalue weighted by Crippen LogP contribution is 2.38. The molecule has 0 spiro atoms. The number of aromatic nitrogens is 2. The van der Waals surface area contributed by atoms with Gasteiger partial charge in [0.1, 0.15) is 10.4 Å². The van der Waals surface area contributed by atoms with Crippen LogP contribution in [0.2, 0.25) is 0 Å². The lowest BCUT2D eigenvalue weighted by Crippen LogP contribution is -2.27. The normalized spacial score (nSPS) is 12.2. The molecule has 8 heteroatoms. The van der Waals surface area contributed by atoms with Crippen molar-refractivity contribution in [2.75, 3.05) is 0 Å². The topological polar surface area (TPSA) is 63.1 Å². The van der Waals surface area contributed by atoms with E-state index in [0.717, 1.165) is 24.0 Å². The van der Waals surface area contributed by atoms with E-state index < -0.39 is 22.6 Å². The van der Waals surface area contributed by atoms with Gasteiger partial charge in [0.05, 0.1) is 0 Å². The zero-order valence-corrected chi connectivity index (χ0v) is 13.1. The number of rotatable bonds is 4. The van der Waals surface area contributed by atoms with Gasteiger partial charge in [0.25, 0.3) is 0 Å². The Kier molecular flexibility index (Phi) is 4.65. The molecule has 122 valence electrons. The van der Waals surface area contributed by atoms with Gasteiger partial charge in [-0.1, -0.05) is 6.07 Å². The van der Waals surface area contributed by atoms with E-state index in [1.165, 1.54) is 18.5 Å². The molecule has 4 nitrogen and oxygen atoms in total. The van der Waals surface area contributed by atoms with Crippen LogP contribution in [0.25, 0.3) is 11.1 Å². The summed E-state index contributed by atoms with van der Waals surface area (Å²) >= 11 is 1.10. The van der Waals surface area contributed by atoms with Crippen LogP contribution in [0.4, 0.5) is 13.2 Å². The second-order valence-electron chi connectivity index (χ2n) is 5.22. The smallest absolute Gasteiger partial charge is 0.433 e. The van der Waals surface area contributed by atoms with Crippen molar-refractivity contribution in [2.24, 2.45) is 0 Å². The van der Waals surface area contributed by atoms with Crippen molar-refractivity contribution >= 4 is 17.7 Å². The van der Waals surface area contributed by atoms with Gasteiger partial charge in [-0.2, -0.15) is 13.2 Å². The number of nitrogens with zero attached hydrogens (tertiary/aromatic N) is 2. The van der Waals surface area contributed by atoms with Crippen LogP contribution >= 0.6 is 11.8 Å². The minimum absolute atomic E-state index is 0.440. The van der Waals surface area contributed by atoms with Crippen LogP contribution in [0, 0.1) is 0 Å². The summed E-state index contributed by atoms with van der Waals surface area (Å²) in [6.07, 6.45) is -0.417. The van der Waals surface area contributed by atoms with Crippen molar-refractivity contribution in [3.05, 3.63) is 42.5 Å². The molecule has 0 amide bonds. The molecule has 2 aromatic heterocycles. The summed E-state index contributed by atoms with van der Waals surface area (Å²) < 4.78 is 36.6. The van der Waals surface area contributed by atoms with Crippen molar-refractivity contribution in [1.82, 2.24) is 9.97 Å². The number of aliphatic carboxylic acids is 1. The second kappa shape index (κ2) is 6.19. The standard InChI is InChI=1S/C15H13F3N2O2S/c1-14(2,13(21)22)23-11-5-6-19-8-10(11)9-3-4-12(20-7-9)15(16,17)18/h3-8H,1-2H3,(H,21,22). The number of alkyl halides is 3. The third kappa shape index (κ3) is 4.01. The van der Waals surface area contributed by atoms with Gasteiger partial charge in [-0.15, -0.1) is 11.8 Å². The average molecular weight is 342 g/mol. The lowest BCUT2D eigenvalue weighted by atomic mass is 10.1. The van der Waals surface area contributed by atoms with Gasteiger partial charge in [-0.05, 0) is 26.0 Å². The molecule has 0 atom stereocenters. The Bertz CT molecular complexity index is 715. The molecule has 0 aliphatic carbocycles. The molecular weight excluding hydrogens is 329 g/mol. The van der Waals surface area contributed by atoms with Crippen LogP contribution in [0.1, 0.15) is 19.5 Å². The minimum atomic E-state index is -4.50. The van der Waals surface area contributed by atoms with E-state index in [2.05, 4.69) is 9.97 Å². The molecule has 1 N–H and O–H groups in total. The SMILES string of the molecule is CC(C)(Sc1ccncc1-c1ccc(C(F)(F)F)nc1)C(=O)O. The van der Waals surface area contributed by atoms with Gasteiger partial charge >= 0.3 is 12.1 Å². The highest BCUT2D eigenvalue weighted by atomic mass is 32.2. The first-order valence-corrected chi connectivity index (χ1v) is 7.33. The third-order valence-electron chi connectivity index (χ3n) is 3.03. The number of hydrogen-bond donors (Lipinski definition) is 1. The summed E-state index contributed by atoms with van der Waals surface area (Å²) in [6, 6.07) is 3.81. The zero-order chi connectivity index (χ0) is 17.3. The first kappa shape index (κ1) is 17.3. The van der Waals surface area contributed by atoms with E-state index in [9.17, 15) is 23.1 Å². The molecule has 0 unspecified atom stereocenters. The van der Waals surface area contributed by atoms with Crippen molar-refractivity contribution < 1.29 is 23.1 Å². The van der Waals surface area contributed by atoms with E-state index >= 15 is 0 Å². The van der Waals surface area contributed by atoms with Gasteiger partial charge in [-0.25, -0.2) is 0 Å². The first-order valence-electron chi connectivity index (χ1n) is 6.51. The fourth-order valence-electron chi connectivity index (χ4n) is 1.73. The Morgan fingerprint density at radius 2 is 1.87 bits per heavy atom. The van der Waals surface area contributed by atoms with E-state index in [4.69, 9.17) is 0 Å². The largest absolute Gasteiger partial charge is 0.480 e. The van der Waals surface area contributed by atoms with Crippen molar-refractivity contribution in [3.8, 4) is 11.1 Å². The van der Waals surface area contributed by atoms with Crippen molar-refractivity contribution in [2.45, 2.75) is 29.7 Å². The van der Waals surface area contributed by atoms with Gasteiger partial charge in [0.2, 0.25) is 0 Å². The minimum Gasteiger partial charge on any atom is -0.480 e. The van der Waals surface area contributed by atoms with Crippen LogP contribution in [-0.2, 0) is 11.0 Å². The van der Waals surface area contributed by atoms with E-state index in [0.29, 0.717) is 16.0 Å². The predicted molar refractivity (Wildman–Crippen MR) is 80.0 cm³/mol. The predicted octanol–water partition coefficient (Wildman–Crippen LogP) is 4.12. The molecule has 2 rings (SSSR count). The van der Waals surface area contributed by atoms with E-state index in [1.54, 1.807) is 19.9 Å². The lowest BCUT2D eigenvalue weighted by Gasteiger charge is -2.20. The summed E-state index contributed by atoms with van der Waals surface area (Å²) in [7, 11) is 0. The van der Waals surface area contributed by atoms with Crippen molar-refractivity contribution in [3.63, 3.8) is 0 Å². The molecule has 0 saturated carbocycles. The summed E-state index contributed by atoms with van der Waals surface area (Å²) in [5.41, 5.74) is -0.00644. The van der Waals surface area contributed by atoms with Crippen molar-refractivity contribution in [1.29, 1.82) is 0 Å². The van der Waals surface area contributed by atoms with Gasteiger partial charge in [0, 0.05) is 34.6 Å². The van der Waals surface area contributed by atoms with Gasteiger partial charge < -0.3 is 5.11 Å². The quantitative estimate of drug-likeness (QED) is 0.847. The Morgan fingerprint density at radius 3 is 2.39 bits per heavy atom. The summed E-state index contributed by atoms with van der Waals surface area (Å²) in [4.78, 5) is 19.2. The van der Waals surface area contributed by atoms with Gasteiger partial charge in [0.15, 0.2) is 0 Å². The number of halogens is 3. The molecule has 23 heavy (non-hydrogen) atoms. The second-order valence-corrected chi connectivity index (χ2v) is 6.88. The number of thioether (sulfide) groups is 1. The Morgan fingerprint density at radius 1 is 1.17 bits per heavy atom. The molecule has 2 aromatic rings. The fraction of sp³-hybridized carbons (Fsp3) is 0.267. The first-order chi connectivity index (χ1) is 10.6. The molecule has 0 aromatic carbocycles. The van der Waals surface area contributed by atoms with Crippen LogP contribution in [0.15, 0.2) is 41.7 Å². The number of pyridine rings is 2. The van der Waals surface area contributed by atoms with Crippen LogP contribution < -0.4 is 0 Å². The Labute approximate surface area is 134 Å². The maximum absolute atomic E-state index is 12.6. The lowest BCUT2D eigenvalue weighted by molar-refractivity contribution is -0.141. The molecular formula is C15H13F3N2O2S. The number of carboxylic acid groups (broad SMARTS) is 1. The maximum atomic E-state index is 12.6. The Balaban J connectivity index is 2.39. The summed E-state index contributed by atoms with van der Waals surface area (Å²) in [5, 5.41) is 9.22. The van der Waals surface area contributed by atoms with E-state index in [-0.39, 0.29) is 0 Å². The summed E-state index contributed by atoms with van der Waals surface area (Å²) in [5.74, 6) is -0.990. The molecule has 0 aliphatic heterocycles. The van der Waals surface area contributed by atoms with Crippen LogP contribution in [-0.4, -0.2) is 25.8 Å². The fourth-order valence-corrected chi connectivity index (χ4v) is 2.77. The number of carboxylic acids is 1. The number of hydrogen-bond acceptors (Lipinski definition) is 4. The number of carbonyl (C=O) groups is 1. The Hall–Kier alpha value is -2.09. The monoisotopic (exact) mass is 342 g/mol. The highest BCUT2D eigenvalue weighted by Gasteiger charge is 2.32. The summed E-state index contributed by atoms with van der Waals surface area (Å²) in [6.45, 7) is 3.10. The molecule has 2 heterocycles. The van der Waals surface area contributed by atoms with E-state index in [1.807, 2.05) is 0 Å². The molecule has 0 bridgehead atoms. The molecule has 0 saturated heterocycles. The molecule has 0 aliphatic rings.